The number of rotatable bonds is 4. The Labute approximate surface area is 114 Å². The van der Waals surface area contributed by atoms with Gasteiger partial charge < -0.3 is 9.84 Å². The zero-order valence-corrected chi connectivity index (χ0v) is 11.1. The average molecular weight is 280 g/mol. The van der Waals surface area contributed by atoms with Crippen LogP contribution in [0.25, 0.3) is 0 Å². The topological polar surface area (TPSA) is 55.1 Å². The second-order valence-electron chi connectivity index (χ2n) is 4.85. The van der Waals surface area contributed by atoms with Gasteiger partial charge in [0.1, 0.15) is 17.4 Å². The summed E-state index contributed by atoms with van der Waals surface area (Å²) in [6.45, 7) is 4.02. The normalized spacial score (nSPS) is 10.8. The number of hydrogen-bond acceptors (Lipinski definition) is 3. The number of nitrogens with one attached hydrogen (secondary N) is 1. The number of anilines is 1. The minimum Gasteiger partial charge on any atom is -0.361 e. The summed E-state index contributed by atoms with van der Waals surface area (Å²) < 4.78 is 31.2. The van der Waals surface area contributed by atoms with Gasteiger partial charge in [-0.15, -0.1) is 0 Å². The molecule has 0 aliphatic carbocycles. The lowest BCUT2D eigenvalue weighted by atomic mass is 10.1. The quantitative estimate of drug-likeness (QED) is 0.933. The van der Waals surface area contributed by atoms with Crippen molar-refractivity contribution in [3.63, 3.8) is 0 Å². The number of aromatic nitrogens is 1. The van der Waals surface area contributed by atoms with E-state index >= 15 is 0 Å². The minimum atomic E-state index is -0.843. The van der Waals surface area contributed by atoms with Crippen LogP contribution >= 0.6 is 0 Å². The van der Waals surface area contributed by atoms with Crippen LogP contribution in [0.2, 0.25) is 0 Å². The van der Waals surface area contributed by atoms with Crippen molar-refractivity contribution in [3.05, 3.63) is 47.4 Å². The smallest absolute Gasteiger partial charge is 0.277 e. The maximum absolute atomic E-state index is 13.4. The van der Waals surface area contributed by atoms with Crippen LogP contribution in [0.5, 0.6) is 0 Å². The Bertz CT molecular complexity index is 623. The first kappa shape index (κ1) is 14.2. The average Bonchev–Trinajstić information content (AvgIpc) is 2.80. The fraction of sp³-hybridized carbons (Fsp3) is 0.286. The van der Waals surface area contributed by atoms with E-state index < -0.39 is 17.5 Å². The van der Waals surface area contributed by atoms with E-state index in [2.05, 4.69) is 10.5 Å². The molecule has 1 aromatic carbocycles. The number of benzene rings is 1. The van der Waals surface area contributed by atoms with Crippen molar-refractivity contribution in [3.8, 4) is 0 Å². The first-order valence-corrected chi connectivity index (χ1v) is 6.17. The molecule has 1 amide bonds. The van der Waals surface area contributed by atoms with Gasteiger partial charge in [0.05, 0.1) is 5.69 Å². The number of hydrogen-bond donors (Lipinski definition) is 1. The first-order valence-electron chi connectivity index (χ1n) is 6.17. The van der Waals surface area contributed by atoms with Crippen LogP contribution in [0.15, 0.2) is 28.8 Å². The van der Waals surface area contributed by atoms with Crippen molar-refractivity contribution in [1.82, 2.24) is 5.16 Å². The zero-order valence-electron chi connectivity index (χ0n) is 11.1. The van der Waals surface area contributed by atoms with E-state index in [-0.39, 0.29) is 11.4 Å². The maximum Gasteiger partial charge on any atom is 0.277 e. The summed E-state index contributed by atoms with van der Waals surface area (Å²) in [5, 5.41) is 5.95. The Morgan fingerprint density at radius 2 is 2.10 bits per heavy atom. The largest absolute Gasteiger partial charge is 0.361 e. The summed E-state index contributed by atoms with van der Waals surface area (Å²) in [7, 11) is 0. The summed E-state index contributed by atoms with van der Waals surface area (Å²) in [5.41, 5.74) is -0.0471. The van der Waals surface area contributed by atoms with Crippen LogP contribution in [-0.2, 0) is 6.42 Å². The van der Waals surface area contributed by atoms with E-state index in [4.69, 9.17) is 4.52 Å². The van der Waals surface area contributed by atoms with Gasteiger partial charge >= 0.3 is 0 Å². The standard InChI is InChI=1S/C14H14F2N2O2/c1-8(2)5-10-7-13(18-20-10)14(19)17-12-4-3-9(15)6-11(12)16/h3-4,6-8H,5H2,1-2H3,(H,17,19). The molecule has 0 spiro atoms. The lowest BCUT2D eigenvalue weighted by Gasteiger charge is -2.03. The van der Waals surface area contributed by atoms with Gasteiger partial charge in [-0.2, -0.15) is 0 Å². The van der Waals surface area contributed by atoms with Gasteiger partial charge in [-0.1, -0.05) is 19.0 Å². The van der Waals surface area contributed by atoms with E-state index in [0.29, 0.717) is 24.2 Å². The molecular weight excluding hydrogens is 266 g/mol. The highest BCUT2D eigenvalue weighted by Gasteiger charge is 2.15. The van der Waals surface area contributed by atoms with Gasteiger partial charge in [-0.25, -0.2) is 8.78 Å². The van der Waals surface area contributed by atoms with Crippen molar-refractivity contribution < 1.29 is 18.1 Å². The van der Waals surface area contributed by atoms with E-state index in [1.54, 1.807) is 0 Å². The molecule has 0 bridgehead atoms. The van der Waals surface area contributed by atoms with Gasteiger partial charge in [0.2, 0.25) is 0 Å². The van der Waals surface area contributed by atoms with Crippen molar-refractivity contribution in [1.29, 1.82) is 0 Å². The fourth-order valence-corrected chi connectivity index (χ4v) is 1.70. The number of nitrogens with zero attached hydrogens (tertiary/aromatic N) is 1. The molecule has 20 heavy (non-hydrogen) atoms. The lowest BCUT2D eigenvalue weighted by molar-refractivity contribution is 0.101. The Morgan fingerprint density at radius 3 is 2.75 bits per heavy atom. The zero-order chi connectivity index (χ0) is 14.7. The Hall–Kier alpha value is -2.24. The highest BCUT2D eigenvalue weighted by Crippen LogP contribution is 2.16. The second kappa shape index (κ2) is 5.81. The van der Waals surface area contributed by atoms with Gasteiger partial charge in [0, 0.05) is 18.6 Å². The van der Waals surface area contributed by atoms with Crippen LogP contribution in [-0.4, -0.2) is 11.1 Å². The third-order valence-electron chi connectivity index (χ3n) is 2.58. The predicted octanol–water partition coefficient (Wildman–Crippen LogP) is 3.40. The summed E-state index contributed by atoms with van der Waals surface area (Å²) in [5.74, 6) is -1.20. The SMILES string of the molecule is CC(C)Cc1cc(C(=O)Nc2ccc(F)cc2F)no1. The molecule has 0 fully saturated rings. The molecule has 0 atom stereocenters. The molecule has 0 aliphatic heterocycles. The Kier molecular flexibility index (Phi) is 4.12. The van der Waals surface area contributed by atoms with E-state index in [1.807, 2.05) is 13.8 Å². The molecule has 106 valence electrons. The summed E-state index contributed by atoms with van der Waals surface area (Å²) in [6, 6.07) is 4.42. The highest BCUT2D eigenvalue weighted by atomic mass is 19.1. The lowest BCUT2D eigenvalue weighted by Crippen LogP contribution is -2.13. The van der Waals surface area contributed by atoms with Crippen molar-refractivity contribution in [2.24, 2.45) is 5.92 Å². The molecule has 6 heteroatoms. The fourth-order valence-electron chi connectivity index (χ4n) is 1.70. The molecule has 2 rings (SSSR count). The van der Waals surface area contributed by atoms with Gasteiger partial charge in [-0.3, -0.25) is 4.79 Å². The number of halogens is 2. The molecule has 0 aliphatic rings. The number of amides is 1. The predicted molar refractivity (Wildman–Crippen MR) is 69.4 cm³/mol. The third kappa shape index (κ3) is 3.40. The highest BCUT2D eigenvalue weighted by molar-refractivity contribution is 6.02. The van der Waals surface area contributed by atoms with Crippen molar-refractivity contribution in [2.45, 2.75) is 20.3 Å². The Morgan fingerprint density at radius 1 is 1.35 bits per heavy atom. The number of carbonyl (C=O) groups excluding carboxylic acids is 1. The molecule has 0 radical (unpaired) electrons. The van der Waals surface area contributed by atoms with Crippen LogP contribution in [0, 0.1) is 17.6 Å². The summed E-state index contributed by atoms with van der Waals surface area (Å²) in [4.78, 5) is 11.9. The molecule has 1 heterocycles. The monoisotopic (exact) mass is 280 g/mol. The summed E-state index contributed by atoms with van der Waals surface area (Å²) in [6.07, 6.45) is 0.658. The van der Waals surface area contributed by atoms with E-state index in [0.717, 1.165) is 12.1 Å². The molecule has 0 saturated heterocycles. The van der Waals surface area contributed by atoms with Gasteiger partial charge in [-0.05, 0) is 18.1 Å². The molecular formula is C14H14F2N2O2. The second-order valence-corrected chi connectivity index (χ2v) is 4.85. The molecule has 4 nitrogen and oxygen atoms in total. The van der Waals surface area contributed by atoms with Crippen LogP contribution in [0.3, 0.4) is 0 Å². The van der Waals surface area contributed by atoms with Gasteiger partial charge in [0.15, 0.2) is 5.69 Å². The van der Waals surface area contributed by atoms with Crippen LogP contribution in [0.4, 0.5) is 14.5 Å². The Balaban J connectivity index is 2.09. The van der Waals surface area contributed by atoms with Crippen molar-refractivity contribution >= 4 is 11.6 Å². The van der Waals surface area contributed by atoms with Crippen molar-refractivity contribution in [2.75, 3.05) is 5.32 Å². The molecule has 0 saturated carbocycles. The van der Waals surface area contributed by atoms with Gasteiger partial charge in [0.25, 0.3) is 5.91 Å². The third-order valence-corrected chi connectivity index (χ3v) is 2.58. The first-order chi connectivity index (χ1) is 9.45. The maximum atomic E-state index is 13.4. The number of carbonyl (C=O) groups is 1. The van der Waals surface area contributed by atoms with Crippen LogP contribution in [0.1, 0.15) is 30.1 Å². The van der Waals surface area contributed by atoms with E-state index in [9.17, 15) is 13.6 Å². The minimum absolute atomic E-state index is 0.0596. The molecule has 1 N–H and O–H groups in total. The molecule has 2 aromatic rings. The van der Waals surface area contributed by atoms with E-state index in [1.165, 1.54) is 6.07 Å². The molecule has 1 aromatic heterocycles. The summed E-state index contributed by atoms with van der Waals surface area (Å²) >= 11 is 0. The molecule has 0 unspecified atom stereocenters. The van der Waals surface area contributed by atoms with Crippen LogP contribution < -0.4 is 5.32 Å².